The van der Waals surface area contributed by atoms with Gasteiger partial charge in [-0.3, -0.25) is 9.59 Å². The normalized spacial score (nSPS) is 30.0. The van der Waals surface area contributed by atoms with Crippen molar-refractivity contribution in [3.8, 4) is 0 Å². The van der Waals surface area contributed by atoms with Crippen molar-refractivity contribution < 1.29 is 14.3 Å². The van der Waals surface area contributed by atoms with Gasteiger partial charge in [0.1, 0.15) is 5.92 Å². The Morgan fingerprint density at radius 3 is 2.83 bits per heavy atom. The zero-order chi connectivity index (χ0) is 9.14. The number of Topliss-reactive ketones (excluding diaryl/α,β-unsaturated/α-hetero) is 1. The van der Waals surface area contributed by atoms with Gasteiger partial charge in [-0.1, -0.05) is 6.92 Å². The maximum Gasteiger partial charge on any atom is 0.317 e. The van der Waals surface area contributed by atoms with Crippen LogP contribution in [0.25, 0.3) is 0 Å². The van der Waals surface area contributed by atoms with Crippen molar-refractivity contribution in [3.63, 3.8) is 0 Å². The molecule has 2 unspecified atom stereocenters. The minimum Gasteiger partial charge on any atom is -0.468 e. The number of ketones is 1. The summed E-state index contributed by atoms with van der Waals surface area (Å²) in [7, 11) is 1.30. The molecule has 0 aliphatic carbocycles. The van der Waals surface area contributed by atoms with Gasteiger partial charge in [0.05, 0.1) is 7.11 Å². The second kappa shape index (κ2) is 3.67. The first kappa shape index (κ1) is 9.19. The lowest BCUT2D eigenvalue weighted by molar-refractivity contribution is -0.151. The number of carbonyl (C=O) groups excluding carboxylic acids is 2. The molecule has 0 aromatic heterocycles. The van der Waals surface area contributed by atoms with Crippen molar-refractivity contribution in [1.82, 2.24) is 5.32 Å². The Kier molecular flexibility index (Phi) is 2.81. The average Bonchev–Trinajstić information content (AvgIpc) is 2.08. The van der Waals surface area contributed by atoms with E-state index in [1.807, 2.05) is 6.92 Å². The summed E-state index contributed by atoms with van der Waals surface area (Å²) in [6.07, 6.45) is 0. The summed E-state index contributed by atoms with van der Waals surface area (Å²) in [6, 6.07) is 0. The predicted octanol–water partition coefficient (Wildman–Crippen LogP) is -0.416. The van der Waals surface area contributed by atoms with Crippen LogP contribution in [0.4, 0.5) is 0 Å². The van der Waals surface area contributed by atoms with Crippen LogP contribution < -0.4 is 5.32 Å². The molecule has 4 nitrogen and oxygen atoms in total. The van der Waals surface area contributed by atoms with Gasteiger partial charge in [-0.2, -0.15) is 0 Å². The maximum absolute atomic E-state index is 11.4. The lowest BCUT2D eigenvalue weighted by atomic mass is 9.90. The largest absolute Gasteiger partial charge is 0.468 e. The van der Waals surface area contributed by atoms with Crippen LogP contribution in [0.3, 0.4) is 0 Å². The Morgan fingerprint density at radius 2 is 2.25 bits per heavy atom. The second-order valence-electron chi connectivity index (χ2n) is 3.04. The van der Waals surface area contributed by atoms with Crippen LogP contribution >= 0.6 is 0 Å². The molecule has 1 N–H and O–H groups in total. The topological polar surface area (TPSA) is 55.4 Å². The van der Waals surface area contributed by atoms with Gasteiger partial charge in [-0.05, 0) is 0 Å². The quantitative estimate of drug-likeness (QED) is 0.430. The molecule has 0 aromatic carbocycles. The molecule has 1 aliphatic rings. The molecule has 1 heterocycles. The number of nitrogens with one attached hydrogen (secondary N) is 1. The van der Waals surface area contributed by atoms with Crippen molar-refractivity contribution >= 4 is 11.8 Å². The number of piperidine rings is 1. The highest BCUT2D eigenvalue weighted by atomic mass is 16.5. The van der Waals surface area contributed by atoms with Gasteiger partial charge in [-0.25, -0.2) is 0 Å². The molecule has 1 fully saturated rings. The molecule has 0 bridgehead atoms. The number of esters is 1. The van der Waals surface area contributed by atoms with E-state index in [1.165, 1.54) is 7.11 Å². The van der Waals surface area contributed by atoms with E-state index in [9.17, 15) is 9.59 Å². The second-order valence-corrected chi connectivity index (χ2v) is 3.04. The summed E-state index contributed by atoms with van der Waals surface area (Å²) in [5.74, 6) is -1.12. The van der Waals surface area contributed by atoms with E-state index in [4.69, 9.17) is 0 Å². The minimum absolute atomic E-state index is 0.0133. The first-order chi connectivity index (χ1) is 5.66. The van der Waals surface area contributed by atoms with Gasteiger partial charge < -0.3 is 10.1 Å². The third-order valence-corrected chi connectivity index (χ3v) is 2.11. The lowest BCUT2D eigenvalue weighted by Gasteiger charge is -2.24. The van der Waals surface area contributed by atoms with Gasteiger partial charge in [-0.15, -0.1) is 0 Å². The van der Waals surface area contributed by atoms with Crippen LogP contribution in [0.5, 0.6) is 0 Å². The Labute approximate surface area is 71.3 Å². The number of carbonyl (C=O) groups is 2. The first-order valence-corrected chi connectivity index (χ1v) is 3.99. The van der Waals surface area contributed by atoms with Crippen molar-refractivity contribution in [2.45, 2.75) is 6.92 Å². The monoisotopic (exact) mass is 171 g/mol. The SMILES string of the molecule is COC(=O)C1CNCC(C)C1=O. The van der Waals surface area contributed by atoms with Crippen molar-refractivity contribution in [3.05, 3.63) is 0 Å². The van der Waals surface area contributed by atoms with Gasteiger partial charge in [0, 0.05) is 19.0 Å². The maximum atomic E-state index is 11.4. The standard InChI is InChI=1S/C8H13NO3/c1-5-3-9-4-6(7(5)10)8(11)12-2/h5-6,9H,3-4H2,1-2H3. The van der Waals surface area contributed by atoms with E-state index in [2.05, 4.69) is 10.1 Å². The molecular weight excluding hydrogens is 158 g/mol. The molecule has 68 valence electrons. The molecule has 1 saturated heterocycles. The molecule has 0 aromatic rings. The van der Waals surface area contributed by atoms with Crippen LogP contribution in [-0.2, 0) is 14.3 Å². The highest BCUT2D eigenvalue weighted by Gasteiger charge is 2.33. The van der Waals surface area contributed by atoms with Crippen LogP contribution in [0.15, 0.2) is 0 Å². The average molecular weight is 171 g/mol. The van der Waals surface area contributed by atoms with Crippen molar-refractivity contribution in [2.24, 2.45) is 11.8 Å². The van der Waals surface area contributed by atoms with Gasteiger partial charge in [0.2, 0.25) is 0 Å². The Bertz CT molecular complexity index is 202. The fourth-order valence-corrected chi connectivity index (χ4v) is 1.33. The molecule has 0 spiro atoms. The highest BCUT2D eigenvalue weighted by molar-refractivity contribution is 6.00. The third-order valence-electron chi connectivity index (χ3n) is 2.11. The zero-order valence-electron chi connectivity index (χ0n) is 7.29. The van der Waals surface area contributed by atoms with E-state index < -0.39 is 11.9 Å². The van der Waals surface area contributed by atoms with Crippen LogP contribution in [0.2, 0.25) is 0 Å². The Balaban J connectivity index is 2.64. The summed E-state index contributed by atoms with van der Waals surface area (Å²) in [5, 5.41) is 3.01. The van der Waals surface area contributed by atoms with Crippen molar-refractivity contribution in [2.75, 3.05) is 20.2 Å². The summed E-state index contributed by atoms with van der Waals surface area (Å²) < 4.78 is 4.51. The summed E-state index contributed by atoms with van der Waals surface area (Å²) >= 11 is 0. The van der Waals surface area contributed by atoms with E-state index >= 15 is 0 Å². The lowest BCUT2D eigenvalue weighted by Crippen LogP contribution is -2.46. The molecule has 12 heavy (non-hydrogen) atoms. The molecular formula is C8H13NO3. The van der Waals surface area contributed by atoms with Crippen LogP contribution in [0, 0.1) is 11.8 Å². The first-order valence-electron chi connectivity index (χ1n) is 3.99. The Morgan fingerprint density at radius 1 is 1.58 bits per heavy atom. The smallest absolute Gasteiger partial charge is 0.317 e. The molecule has 0 amide bonds. The van der Waals surface area contributed by atoms with Gasteiger partial charge >= 0.3 is 5.97 Å². The number of rotatable bonds is 1. The minimum atomic E-state index is -0.598. The number of methoxy groups -OCH3 is 1. The van der Waals surface area contributed by atoms with Gasteiger partial charge in [0.25, 0.3) is 0 Å². The zero-order valence-corrected chi connectivity index (χ0v) is 7.29. The molecule has 1 aliphatic heterocycles. The van der Waals surface area contributed by atoms with E-state index in [0.29, 0.717) is 13.1 Å². The van der Waals surface area contributed by atoms with E-state index in [0.717, 1.165) is 0 Å². The Hall–Kier alpha value is -0.900. The van der Waals surface area contributed by atoms with Crippen molar-refractivity contribution in [1.29, 1.82) is 0 Å². The number of hydrogen-bond donors (Lipinski definition) is 1. The van der Waals surface area contributed by atoms with Crippen LogP contribution in [-0.4, -0.2) is 32.0 Å². The molecule has 1 rings (SSSR count). The summed E-state index contributed by atoms with van der Waals surface area (Å²) in [6.45, 7) is 2.88. The van der Waals surface area contributed by atoms with E-state index in [-0.39, 0.29) is 11.7 Å². The number of hydrogen-bond acceptors (Lipinski definition) is 4. The fraction of sp³-hybridized carbons (Fsp3) is 0.750. The molecule has 0 saturated carbocycles. The van der Waals surface area contributed by atoms with Crippen LogP contribution in [0.1, 0.15) is 6.92 Å². The third kappa shape index (κ3) is 1.64. The predicted molar refractivity (Wildman–Crippen MR) is 42.5 cm³/mol. The summed E-state index contributed by atoms with van der Waals surface area (Å²) in [4.78, 5) is 22.4. The van der Waals surface area contributed by atoms with Gasteiger partial charge in [0.15, 0.2) is 5.78 Å². The number of ether oxygens (including phenoxy) is 1. The molecule has 4 heteroatoms. The van der Waals surface area contributed by atoms with E-state index in [1.54, 1.807) is 0 Å². The summed E-state index contributed by atoms with van der Waals surface area (Å²) in [5.41, 5.74) is 0. The molecule has 0 radical (unpaired) electrons. The fourth-order valence-electron chi connectivity index (χ4n) is 1.33. The highest BCUT2D eigenvalue weighted by Crippen LogP contribution is 2.12. The molecule has 2 atom stereocenters.